The van der Waals surface area contributed by atoms with E-state index in [1.54, 1.807) is 30.3 Å². The van der Waals surface area contributed by atoms with Crippen molar-refractivity contribution in [2.75, 3.05) is 27.9 Å². The Hall–Kier alpha value is -6.24. The van der Waals surface area contributed by atoms with Crippen LogP contribution < -0.4 is 10.1 Å². The molecule has 0 saturated carbocycles. The number of fused-ring (bicyclic) bond motifs is 5. The number of likely N-dealkylation sites (N-methyl/N-ethyl adjacent to an activating group) is 1. The molecule has 21 heteroatoms. The molecular weight excluding hydrogens is 909 g/mol. The Morgan fingerprint density at radius 3 is 2.17 bits per heavy atom. The number of nitrogens with one attached hydrogen (secondary N) is 1. The topological polar surface area (TPSA) is 310 Å². The maximum absolute atomic E-state index is 14.2. The minimum atomic E-state index is -1.96. The predicted octanol–water partition coefficient (Wildman–Crippen LogP) is 1.96. The normalized spacial score (nSPS) is 27.6. The summed E-state index contributed by atoms with van der Waals surface area (Å²) >= 11 is 0. The number of hydrogen-bond acceptors (Lipinski definition) is 19. The number of phenols is 3. The molecule has 0 aromatic heterocycles. The van der Waals surface area contributed by atoms with E-state index in [9.17, 15) is 60.0 Å². The third-order valence-corrected chi connectivity index (χ3v) is 13.0. The number of aliphatic hydroxyl groups excluding tert-OH is 5. The van der Waals surface area contributed by atoms with Crippen molar-refractivity contribution in [3.8, 4) is 34.1 Å². The summed E-state index contributed by atoms with van der Waals surface area (Å²) in [6, 6.07) is 12.3. The van der Waals surface area contributed by atoms with Gasteiger partial charge in [0.25, 0.3) is 5.91 Å². The molecule has 1 unspecified atom stereocenters. The van der Waals surface area contributed by atoms with Gasteiger partial charge in [-0.15, -0.1) is 0 Å². The minimum absolute atomic E-state index is 0.0250. The molecule has 2 aliphatic heterocycles. The van der Waals surface area contributed by atoms with Gasteiger partial charge in [-0.1, -0.05) is 36.4 Å². The second-order valence-electron chi connectivity index (χ2n) is 17.3. The first-order valence-corrected chi connectivity index (χ1v) is 21.8. The fourth-order valence-electron chi connectivity index (χ4n) is 9.34. The summed E-state index contributed by atoms with van der Waals surface area (Å²) < 4.78 is 40.3. The summed E-state index contributed by atoms with van der Waals surface area (Å²) in [4.78, 5) is 56.9. The number of benzene rings is 4. The molecule has 12 atom stereocenters. The Labute approximate surface area is 393 Å². The van der Waals surface area contributed by atoms with Crippen LogP contribution >= 0.6 is 0 Å². The maximum atomic E-state index is 14.2. The zero-order valence-corrected chi connectivity index (χ0v) is 38.1. The SMILES string of the molecule is COc1cc(O)c2c(c1)C(=O)c1c(cc3c(c1O)-c1c(cc(C)c(C(=O)NC(C)OC)c1O)[C@H](O[C@@H]1O[C@H](C)[C@H](N(C)C(=O)OCc4ccccc4)[C@H](O[C@@H]4OC[C@@H](O)[C@H](O)[C@H]4O)[C@H]1O)[C@H]3O)C2=O. The molecule has 0 spiro atoms. The van der Waals surface area contributed by atoms with Crippen molar-refractivity contribution in [2.45, 2.75) is 101 Å². The summed E-state index contributed by atoms with van der Waals surface area (Å²) in [5, 5.41) is 94.2. The van der Waals surface area contributed by atoms with Crippen molar-refractivity contribution in [1.82, 2.24) is 10.2 Å². The molecule has 69 heavy (non-hydrogen) atoms. The number of amides is 2. The van der Waals surface area contributed by atoms with Crippen LogP contribution in [0, 0.1) is 6.92 Å². The molecule has 4 aromatic rings. The van der Waals surface area contributed by atoms with Crippen molar-refractivity contribution < 1.29 is 93.2 Å². The Balaban J connectivity index is 1.22. The van der Waals surface area contributed by atoms with E-state index in [0.29, 0.717) is 5.56 Å². The molecule has 2 aliphatic carbocycles. The molecular formula is C48H52N2O19. The van der Waals surface area contributed by atoms with Crippen molar-refractivity contribution in [3.05, 3.63) is 105 Å². The number of methoxy groups -OCH3 is 2. The standard InChI is InChI=1S/C48H52N2O19/c1-18-12-26-32(39(57)29(18)45(61)49-20(3)63-5)31-24(15-25-33(40(31)58)36(54)23-13-22(64-6)14-27(51)30(23)35(25)53)37(55)43(26)68-47-42(60)44(69-46-41(59)38(56)28(52)17-65-46)34(19(2)67-47)50(4)48(62)66-16-21-10-8-7-9-11-21/h7-15,19-20,28,34,37-38,41-44,46-47,51-52,55-60H,16-17H2,1-6H3,(H,49,61)/t19-,20?,28-,34+,37+,38+,41-,42-,43+,44+,46+,47+/m1/s1. The van der Waals surface area contributed by atoms with Gasteiger partial charge in [0.05, 0.1) is 42.6 Å². The molecule has 4 aromatic carbocycles. The average Bonchev–Trinajstić information content (AvgIpc) is 3.32. The van der Waals surface area contributed by atoms with Gasteiger partial charge in [-0.05, 0) is 55.2 Å². The van der Waals surface area contributed by atoms with Gasteiger partial charge in [-0.2, -0.15) is 0 Å². The molecule has 0 radical (unpaired) electrons. The molecule has 21 nitrogen and oxygen atoms in total. The zero-order chi connectivity index (χ0) is 49.9. The first-order chi connectivity index (χ1) is 32.8. The second-order valence-corrected chi connectivity index (χ2v) is 17.3. The van der Waals surface area contributed by atoms with E-state index in [4.69, 9.17) is 33.2 Å². The highest BCUT2D eigenvalue weighted by atomic mass is 16.7. The molecule has 9 N–H and O–H groups in total. The fourth-order valence-corrected chi connectivity index (χ4v) is 9.34. The molecule has 2 saturated heterocycles. The van der Waals surface area contributed by atoms with Gasteiger partial charge < -0.3 is 84.2 Å². The van der Waals surface area contributed by atoms with Crippen molar-refractivity contribution in [1.29, 1.82) is 0 Å². The van der Waals surface area contributed by atoms with Crippen LogP contribution in [0.25, 0.3) is 11.1 Å². The number of carbonyl (C=O) groups excluding carboxylic acids is 4. The van der Waals surface area contributed by atoms with Gasteiger partial charge >= 0.3 is 6.09 Å². The van der Waals surface area contributed by atoms with E-state index < -0.39 is 138 Å². The van der Waals surface area contributed by atoms with Crippen LogP contribution in [0.1, 0.15) is 90.5 Å². The summed E-state index contributed by atoms with van der Waals surface area (Å²) in [6.45, 7) is 3.87. The van der Waals surface area contributed by atoms with Crippen LogP contribution in [0.2, 0.25) is 0 Å². The van der Waals surface area contributed by atoms with Gasteiger partial charge in [0.15, 0.2) is 24.1 Å². The third kappa shape index (κ3) is 8.64. The first-order valence-electron chi connectivity index (χ1n) is 21.8. The second kappa shape index (κ2) is 19.3. The summed E-state index contributed by atoms with van der Waals surface area (Å²) in [5.74, 6) is -4.87. The van der Waals surface area contributed by atoms with E-state index >= 15 is 0 Å². The number of rotatable bonds is 11. The molecule has 2 heterocycles. The van der Waals surface area contributed by atoms with Crippen molar-refractivity contribution in [3.63, 3.8) is 0 Å². The number of aliphatic hydroxyl groups is 5. The van der Waals surface area contributed by atoms with E-state index in [-0.39, 0.29) is 51.3 Å². The summed E-state index contributed by atoms with van der Waals surface area (Å²) in [6.07, 6.45) is -18.7. The lowest BCUT2D eigenvalue weighted by Gasteiger charge is -2.49. The van der Waals surface area contributed by atoms with E-state index in [0.717, 1.165) is 17.0 Å². The minimum Gasteiger partial charge on any atom is -0.507 e. The lowest BCUT2D eigenvalue weighted by atomic mass is 9.74. The number of aryl methyl sites for hydroxylation is 1. The fraction of sp³-hybridized carbons (Fsp3) is 0.417. The van der Waals surface area contributed by atoms with Crippen LogP contribution in [0.15, 0.2) is 54.6 Å². The lowest BCUT2D eigenvalue weighted by molar-refractivity contribution is -0.344. The molecule has 0 bridgehead atoms. The number of ether oxygens (including phenoxy) is 7. The van der Waals surface area contributed by atoms with E-state index in [1.165, 1.54) is 54.2 Å². The van der Waals surface area contributed by atoms with Crippen LogP contribution in [-0.4, -0.2) is 159 Å². The lowest BCUT2D eigenvalue weighted by Crippen LogP contribution is -2.66. The molecule has 8 rings (SSSR count). The van der Waals surface area contributed by atoms with Crippen molar-refractivity contribution >= 4 is 23.6 Å². The number of hydrogen-bond donors (Lipinski definition) is 9. The molecule has 2 amide bonds. The predicted molar refractivity (Wildman–Crippen MR) is 235 cm³/mol. The van der Waals surface area contributed by atoms with Gasteiger partial charge in [-0.3, -0.25) is 14.4 Å². The number of ketones is 2. The van der Waals surface area contributed by atoms with Gasteiger partial charge in [-0.25, -0.2) is 4.79 Å². The van der Waals surface area contributed by atoms with Crippen LogP contribution in [0.5, 0.6) is 23.0 Å². The number of phenolic OH excluding ortho intramolecular Hbond substituents is 3. The Kier molecular flexibility index (Phi) is 13.7. The van der Waals surface area contributed by atoms with Crippen molar-refractivity contribution in [2.24, 2.45) is 0 Å². The number of nitrogens with zero attached hydrogens (tertiary/aromatic N) is 1. The van der Waals surface area contributed by atoms with Crippen LogP contribution in [0.4, 0.5) is 4.79 Å². The Morgan fingerprint density at radius 1 is 0.826 bits per heavy atom. The average molecular weight is 961 g/mol. The highest BCUT2D eigenvalue weighted by molar-refractivity contribution is 6.31. The molecule has 4 aliphatic rings. The Morgan fingerprint density at radius 2 is 1.49 bits per heavy atom. The van der Waals surface area contributed by atoms with E-state index in [2.05, 4.69) is 5.32 Å². The summed E-state index contributed by atoms with van der Waals surface area (Å²) in [5.41, 5.74) is -2.30. The Bertz CT molecular complexity index is 2680. The largest absolute Gasteiger partial charge is 0.507 e. The van der Waals surface area contributed by atoms with Gasteiger partial charge in [0.1, 0.15) is 78.6 Å². The highest BCUT2D eigenvalue weighted by Gasteiger charge is 2.53. The first kappa shape index (κ1) is 49.2. The third-order valence-electron chi connectivity index (χ3n) is 13.0. The number of aromatic hydroxyl groups is 3. The smallest absolute Gasteiger partial charge is 0.410 e. The highest BCUT2D eigenvalue weighted by Crippen LogP contribution is 2.57. The van der Waals surface area contributed by atoms with E-state index in [1.807, 2.05) is 0 Å². The molecule has 2 fully saturated rings. The quantitative estimate of drug-likeness (QED) is 0.0855. The van der Waals surface area contributed by atoms with Gasteiger partial charge in [0, 0.05) is 42.5 Å². The number of carbonyl (C=O) groups is 4. The van der Waals surface area contributed by atoms with Crippen LogP contribution in [0.3, 0.4) is 0 Å². The zero-order valence-electron chi connectivity index (χ0n) is 38.1. The van der Waals surface area contributed by atoms with Gasteiger partial charge in [0.2, 0.25) is 0 Å². The monoisotopic (exact) mass is 960 g/mol. The van der Waals surface area contributed by atoms with Crippen LogP contribution in [-0.2, 0) is 35.0 Å². The maximum Gasteiger partial charge on any atom is 0.410 e. The molecule has 368 valence electrons. The summed E-state index contributed by atoms with van der Waals surface area (Å²) in [7, 11) is 3.96.